The number of nitrogens with one attached hydrogen (secondary N) is 1. The summed E-state index contributed by atoms with van der Waals surface area (Å²) in [5, 5.41) is 7.98. The van der Waals surface area contributed by atoms with Crippen LogP contribution in [0.5, 0.6) is 0 Å². The maximum atomic E-state index is 12.7. The van der Waals surface area contributed by atoms with Gasteiger partial charge in [-0.15, -0.1) is 11.3 Å². The maximum absolute atomic E-state index is 12.7. The summed E-state index contributed by atoms with van der Waals surface area (Å²) < 4.78 is 1.85. The van der Waals surface area contributed by atoms with Crippen LogP contribution in [0, 0.1) is 0 Å². The second kappa shape index (κ2) is 7.61. The number of benzene rings is 1. The van der Waals surface area contributed by atoms with Gasteiger partial charge in [-0.25, -0.2) is 9.67 Å². The molecule has 0 spiro atoms. The van der Waals surface area contributed by atoms with Gasteiger partial charge in [0.25, 0.3) is 5.91 Å². The van der Waals surface area contributed by atoms with E-state index in [9.17, 15) is 4.79 Å². The highest BCUT2D eigenvalue weighted by Gasteiger charge is 2.19. The van der Waals surface area contributed by atoms with Crippen LogP contribution in [0.25, 0.3) is 5.69 Å². The zero-order valence-electron chi connectivity index (χ0n) is 14.7. The van der Waals surface area contributed by atoms with Gasteiger partial charge in [0.15, 0.2) is 5.13 Å². The summed E-state index contributed by atoms with van der Waals surface area (Å²) in [5.41, 5.74) is 2.49. The summed E-state index contributed by atoms with van der Waals surface area (Å²) >= 11 is 1.52. The van der Waals surface area contributed by atoms with E-state index in [1.165, 1.54) is 11.3 Å². The zero-order valence-corrected chi connectivity index (χ0v) is 15.5. The van der Waals surface area contributed by atoms with E-state index in [2.05, 4.69) is 36.2 Å². The molecule has 0 radical (unpaired) electrons. The highest BCUT2D eigenvalue weighted by molar-refractivity contribution is 7.15. The molecule has 3 rings (SSSR count). The van der Waals surface area contributed by atoms with Gasteiger partial charge in [-0.3, -0.25) is 10.1 Å². The first-order valence-electron chi connectivity index (χ1n) is 8.49. The highest BCUT2D eigenvalue weighted by Crippen LogP contribution is 2.26. The third-order valence-corrected chi connectivity index (χ3v) is 5.13. The second-order valence-electron chi connectivity index (χ2n) is 6.18. The number of thiazole rings is 1. The summed E-state index contributed by atoms with van der Waals surface area (Å²) in [5.74, 6) is 0.245. The molecule has 130 valence electrons. The Labute approximate surface area is 151 Å². The molecule has 0 aliphatic carbocycles. The molecule has 25 heavy (non-hydrogen) atoms. The number of hydrogen-bond donors (Lipinski definition) is 1. The number of carbonyl (C=O) groups is 1. The molecule has 0 unspecified atom stereocenters. The second-order valence-corrected chi connectivity index (χ2v) is 7.24. The summed E-state index contributed by atoms with van der Waals surface area (Å²) in [6.07, 6.45) is 5.19. The molecule has 2 heterocycles. The molecule has 0 atom stereocenters. The van der Waals surface area contributed by atoms with E-state index in [0.717, 1.165) is 29.1 Å². The van der Waals surface area contributed by atoms with Crippen molar-refractivity contribution >= 4 is 22.4 Å². The Bertz CT molecular complexity index is 851. The molecule has 0 saturated heterocycles. The topological polar surface area (TPSA) is 59.8 Å². The number of anilines is 1. The minimum absolute atomic E-state index is 0.157. The van der Waals surface area contributed by atoms with Gasteiger partial charge in [0.1, 0.15) is 0 Å². The average Bonchev–Trinajstić information content (AvgIpc) is 3.23. The molecule has 0 aliphatic rings. The Morgan fingerprint density at radius 2 is 2.00 bits per heavy atom. The first-order valence-corrected chi connectivity index (χ1v) is 9.31. The summed E-state index contributed by atoms with van der Waals surface area (Å²) in [7, 11) is 0. The minimum Gasteiger partial charge on any atom is -0.298 e. The molecule has 0 aliphatic heterocycles. The van der Waals surface area contributed by atoms with Crippen molar-refractivity contribution in [2.75, 3.05) is 5.32 Å². The molecule has 1 N–H and O–H groups in total. The molecule has 0 fully saturated rings. The number of rotatable bonds is 6. The zero-order chi connectivity index (χ0) is 17.8. The summed E-state index contributed by atoms with van der Waals surface area (Å²) in [4.78, 5) is 18.2. The smallest absolute Gasteiger partial charge is 0.260 e. The molecule has 1 aromatic carbocycles. The lowest BCUT2D eigenvalue weighted by atomic mass is 10.1. The molecule has 2 aromatic heterocycles. The van der Waals surface area contributed by atoms with Gasteiger partial charge in [0.05, 0.1) is 23.1 Å². The molecule has 0 bridgehead atoms. The average molecular weight is 354 g/mol. The lowest BCUT2D eigenvalue weighted by Crippen LogP contribution is -2.14. The predicted octanol–water partition coefficient (Wildman–Crippen LogP) is 4.66. The monoisotopic (exact) mass is 354 g/mol. The molecule has 0 saturated carbocycles. The normalized spacial score (nSPS) is 11.0. The van der Waals surface area contributed by atoms with Crippen LogP contribution >= 0.6 is 11.3 Å². The van der Waals surface area contributed by atoms with Gasteiger partial charge in [-0.05, 0) is 24.5 Å². The number of aromatic nitrogens is 3. The van der Waals surface area contributed by atoms with E-state index >= 15 is 0 Å². The van der Waals surface area contributed by atoms with Gasteiger partial charge >= 0.3 is 0 Å². The van der Waals surface area contributed by atoms with E-state index in [4.69, 9.17) is 0 Å². The van der Waals surface area contributed by atoms with E-state index in [0.29, 0.717) is 16.6 Å². The first-order chi connectivity index (χ1) is 12.1. The lowest BCUT2D eigenvalue weighted by molar-refractivity contribution is 0.102. The fraction of sp³-hybridized carbons (Fsp3) is 0.316. The first kappa shape index (κ1) is 17.4. The quantitative estimate of drug-likeness (QED) is 0.700. The Morgan fingerprint density at radius 1 is 1.24 bits per heavy atom. The molecule has 6 heteroatoms. The lowest BCUT2D eigenvalue weighted by Gasteiger charge is -2.08. The van der Waals surface area contributed by atoms with Crippen molar-refractivity contribution in [2.24, 2.45) is 0 Å². The van der Waals surface area contributed by atoms with Crippen molar-refractivity contribution in [1.82, 2.24) is 14.8 Å². The number of amides is 1. The van der Waals surface area contributed by atoms with Gasteiger partial charge < -0.3 is 0 Å². The fourth-order valence-corrected chi connectivity index (χ4v) is 3.42. The van der Waals surface area contributed by atoms with Crippen LogP contribution in [-0.2, 0) is 6.42 Å². The fourth-order valence-electron chi connectivity index (χ4n) is 2.61. The van der Waals surface area contributed by atoms with Crippen LogP contribution in [0.4, 0.5) is 5.13 Å². The van der Waals surface area contributed by atoms with Gasteiger partial charge in [0, 0.05) is 11.1 Å². The van der Waals surface area contributed by atoms with Crippen LogP contribution < -0.4 is 5.32 Å². The van der Waals surface area contributed by atoms with Crippen molar-refractivity contribution in [3.63, 3.8) is 0 Å². The largest absolute Gasteiger partial charge is 0.298 e. The third-order valence-electron chi connectivity index (χ3n) is 3.91. The number of para-hydroxylation sites is 1. The highest BCUT2D eigenvalue weighted by atomic mass is 32.1. The predicted molar refractivity (Wildman–Crippen MR) is 102 cm³/mol. The molecule has 1 amide bonds. The van der Waals surface area contributed by atoms with Crippen LogP contribution in [0.15, 0.2) is 42.7 Å². The molecular weight excluding hydrogens is 332 g/mol. The van der Waals surface area contributed by atoms with Crippen LogP contribution in [0.3, 0.4) is 0 Å². The standard InChI is InChI=1S/C19H22N4OS/c1-4-8-16-15(11-21-23(16)14-9-6-5-7-10-14)18(24)22-19-20-12-17(25-19)13(2)3/h5-7,9-13H,4,8H2,1-3H3,(H,20,22,24). The molecule has 5 nitrogen and oxygen atoms in total. The van der Waals surface area contributed by atoms with Gasteiger partial charge in [-0.2, -0.15) is 5.10 Å². The van der Waals surface area contributed by atoms with Gasteiger partial charge in [0.2, 0.25) is 0 Å². The number of carbonyl (C=O) groups excluding carboxylic acids is 1. The van der Waals surface area contributed by atoms with E-state index in [1.54, 1.807) is 6.20 Å². The van der Waals surface area contributed by atoms with Crippen molar-refractivity contribution in [2.45, 2.75) is 39.5 Å². The number of nitrogens with zero attached hydrogens (tertiary/aromatic N) is 3. The summed E-state index contributed by atoms with van der Waals surface area (Å²) in [6, 6.07) is 9.88. The Kier molecular flexibility index (Phi) is 5.28. The van der Waals surface area contributed by atoms with Gasteiger partial charge in [-0.1, -0.05) is 45.4 Å². The Hall–Kier alpha value is -2.47. The minimum atomic E-state index is -0.157. The van der Waals surface area contributed by atoms with Crippen molar-refractivity contribution in [3.8, 4) is 5.69 Å². The van der Waals surface area contributed by atoms with E-state index in [1.807, 2.05) is 41.2 Å². The molecule has 3 aromatic rings. The summed E-state index contributed by atoms with van der Waals surface area (Å²) in [6.45, 7) is 6.32. The van der Waals surface area contributed by atoms with Crippen LogP contribution in [0.1, 0.15) is 54.0 Å². The Balaban J connectivity index is 1.88. The van der Waals surface area contributed by atoms with Crippen molar-refractivity contribution in [1.29, 1.82) is 0 Å². The SMILES string of the molecule is CCCc1c(C(=O)Nc2ncc(C(C)C)s2)cnn1-c1ccccc1. The van der Waals surface area contributed by atoms with Crippen molar-refractivity contribution < 1.29 is 4.79 Å². The number of hydrogen-bond acceptors (Lipinski definition) is 4. The molecular formula is C19H22N4OS. The van der Waals surface area contributed by atoms with Crippen LogP contribution in [-0.4, -0.2) is 20.7 Å². The van der Waals surface area contributed by atoms with Crippen LogP contribution in [0.2, 0.25) is 0 Å². The van der Waals surface area contributed by atoms with E-state index in [-0.39, 0.29) is 5.91 Å². The Morgan fingerprint density at radius 3 is 2.64 bits per heavy atom. The van der Waals surface area contributed by atoms with E-state index < -0.39 is 0 Å². The maximum Gasteiger partial charge on any atom is 0.260 e. The third kappa shape index (κ3) is 3.79. The van der Waals surface area contributed by atoms with Crippen molar-refractivity contribution in [3.05, 3.63) is 58.9 Å².